The molecule has 1 aromatic heterocycles. The van der Waals surface area contributed by atoms with Crippen molar-refractivity contribution in [3.63, 3.8) is 0 Å². The first kappa shape index (κ1) is 23.0. The maximum atomic E-state index is 14.4. The lowest BCUT2D eigenvalue weighted by Crippen LogP contribution is -2.31. The summed E-state index contributed by atoms with van der Waals surface area (Å²) in [7, 11) is 3.11. The Morgan fingerprint density at radius 2 is 2.12 bits per heavy atom. The molecule has 0 radical (unpaired) electrons. The van der Waals surface area contributed by atoms with Gasteiger partial charge < -0.3 is 24.4 Å². The van der Waals surface area contributed by atoms with Gasteiger partial charge in [0.05, 0.1) is 42.9 Å². The first-order valence-electron chi connectivity index (χ1n) is 10.5. The van der Waals surface area contributed by atoms with Gasteiger partial charge in [-0.3, -0.25) is 4.79 Å². The van der Waals surface area contributed by atoms with Crippen molar-refractivity contribution in [1.82, 2.24) is 14.9 Å². The van der Waals surface area contributed by atoms with E-state index < -0.39 is 5.82 Å². The first-order valence-corrected chi connectivity index (χ1v) is 10.8. The van der Waals surface area contributed by atoms with E-state index in [-0.39, 0.29) is 22.7 Å². The summed E-state index contributed by atoms with van der Waals surface area (Å²) < 4.78 is 31.1. The van der Waals surface area contributed by atoms with Crippen LogP contribution in [0.3, 0.4) is 0 Å². The number of hydrogen-bond donors (Lipinski definition) is 1. The van der Waals surface area contributed by atoms with Crippen molar-refractivity contribution in [3.05, 3.63) is 47.5 Å². The number of anilines is 2. The third kappa shape index (κ3) is 5.09. The molecule has 8 nitrogen and oxygen atoms in total. The fourth-order valence-corrected chi connectivity index (χ4v) is 3.90. The second-order valence-corrected chi connectivity index (χ2v) is 7.99. The highest BCUT2D eigenvalue weighted by Crippen LogP contribution is 2.36. The third-order valence-corrected chi connectivity index (χ3v) is 5.73. The number of carbonyl (C=O) groups is 1. The minimum Gasteiger partial charge on any atom is -0.493 e. The Morgan fingerprint density at radius 3 is 2.91 bits per heavy atom. The van der Waals surface area contributed by atoms with Gasteiger partial charge in [-0.15, -0.1) is 0 Å². The average Bonchev–Trinajstić information content (AvgIpc) is 3.29. The van der Waals surface area contributed by atoms with Crippen LogP contribution in [0.1, 0.15) is 12.8 Å². The van der Waals surface area contributed by atoms with Gasteiger partial charge in [-0.05, 0) is 18.2 Å². The molecule has 174 valence electrons. The summed E-state index contributed by atoms with van der Waals surface area (Å²) >= 11 is 5.89. The maximum absolute atomic E-state index is 14.4. The first-order chi connectivity index (χ1) is 16.0. The Hall–Kier alpha value is -3.17. The molecule has 0 bridgehead atoms. The summed E-state index contributed by atoms with van der Waals surface area (Å²) in [4.78, 5) is 22.6. The number of aromatic nitrogens is 2. The molecule has 1 fully saturated rings. The largest absolute Gasteiger partial charge is 0.493 e. The number of nitrogens with zero attached hydrogens (tertiary/aromatic N) is 3. The second-order valence-electron chi connectivity index (χ2n) is 7.58. The van der Waals surface area contributed by atoms with Gasteiger partial charge in [-0.2, -0.15) is 0 Å². The van der Waals surface area contributed by atoms with Crippen LogP contribution in [0.5, 0.6) is 11.5 Å². The molecule has 0 saturated carbocycles. The molecule has 4 rings (SSSR count). The van der Waals surface area contributed by atoms with Crippen LogP contribution < -0.4 is 14.8 Å². The Balaban J connectivity index is 1.56. The Bertz CT molecular complexity index is 1160. The lowest BCUT2D eigenvalue weighted by Gasteiger charge is -2.19. The van der Waals surface area contributed by atoms with Gasteiger partial charge in [0.25, 0.3) is 0 Å². The number of likely N-dealkylation sites (tertiary alicyclic amines) is 1. The lowest BCUT2D eigenvalue weighted by atomic mass is 10.2. The zero-order valence-electron chi connectivity index (χ0n) is 18.3. The number of fused-ring (bicyclic) bond motifs is 1. The zero-order chi connectivity index (χ0) is 23.4. The number of rotatable bonds is 8. The minimum atomic E-state index is -0.566. The number of methoxy groups -OCH3 is 2. The zero-order valence-corrected chi connectivity index (χ0v) is 19.1. The average molecular weight is 475 g/mol. The number of ether oxygens (including phenoxy) is 3. The van der Waals surface area contributed by atoms with Gasteiger partial charge in [0.2, 0.25) is 5.91 Å². The summed E-state index contributed by atoms with van der Waals surface area (Å²) in [6.45, 7) is 1.52. The highest BCUT2D eigenvalue weighted by Gasteiger charge is 2.28. The van der Waals surface area contributed by atoms with E-state index in [4.69, 9.17) is 25.8 Å². The molecule has 10 heteroatoms. The van der Waals surface area contributed by atoms with E-state index >= 15 is 0 Å². The van der Waals surface area contributed by atoms with Crippen molar-refractivity contribution < 1.29 is 23.4 Å². The fraction of sp³-hybridized carbons (Fsp3) is 0.348. The number of benzene rings is 2. The number of amides is 1. The number of halogens is 2. The highest BCUT2D eigenvalue weighted by atomic mass is 35.5. The molecule has 0 spiro atoms. The molecule has 0 aliphatic carbocycles. The predicted molar refractivity (Wildman–Crippen MR) is 123 cm³/mol. The molecule has 33 heavy (non-hydrogen) atoms. The summed E-state index contributed by atoms with van der Waals surface area (Å²) in [5.74, 6) is 0.881. The molecule has 1 aliphatic rings. The fourth-order valence-electron chi connectivity index (χ4n) is 3.72. The molecular weight excluding hydrogens is 451 g/mol. The molecule has 1 N–H and O–H groups in total. The van der Waals surface area contributed by atoms with Gasteiger partial charge in [0.15, 0.2) is 17.3 Å². The van der Waals surface area contributed by atoms with Gasteiger partial charge in [-0.1, -0.05) is 17.7 Å². The second kappa shape index (κ2) is 10.2. The highest BCUT2D eigenvalue weighted by molar-refractivity contribution is 6.31. The molecule has 1 unspecified atom stereocenters. The van der Waals surface area contributed by atoms with Crippen LogP contribution in [0, 0.1) is 5.82 Å². The van der Waals surface area contributed by atoms with Crippen LogP contribution in [0.25, 0.3) is 10.9 Å². The van der Waals surface area contributed by atoms with Crippen molar-refractivity contribution in [3.8, 4) is 11.5 Å². The Kier molecular flexibility index (Phi) is 7.10. The summed E-state index contributed by atoms with van der Waals surface area (Å²) in [5.41, 5.74) is 0.794. The van der Waals surface area contributed by atoms with Crippen molar-refractivity contribution >= 4 is 39.9 Å². The number of hydrogen-bond acceptors (Lipinski definition) is 7. The lowest BCUT2D eigenvalue weighted by molar-refractivity contribution is -0.131. The van der Waals surface area contributed by atoms with Crippen LogP contribution in [-0.2, 0) is 9.53 Å². The summed E-state index contributed by atoms with van der Waals surface area (Å²) in [6.07, 6.45) is 2.28. The smallest absolute Gasteiger partial charge is 0.225 e. The van der Waals surface area contributed by atoms with E-state index in [9.17, 15) is 9.18 Å². The summed E-state index contributed by atoms with van der Waals surface area (Å²) in [5, 5.41) is 3.61. The van der Waals surface area contributed by atoms with Crippen molar-refractivity contribution in [2.24, 2.45) is 0 Å². The standard InChI is InChI=1S/C23H24ClFN4O4/c1-31-9-7-21(30)29-8-6-14(12-29)33-20-11-18-15(10-19(20)32-2)23(27-13-26-18)28-17-5-3-4-16(24)22(17)25/h3-5,10-11,13-14H,6-9,12H2,1-2H3,(H,26,27,28). The van der Waals surface area contributed by atoms with Crippen LogP contribution in [0.4, 0.5) is 15.9 Å². The van der Waals surface area contributed by atoms with E-state index in [1.54, 1.807) is 36.3 Å². The quantitative estimate of drug-likeness (QED) is 0.524. The van der Waals surface area contributed by atoms with Gasteiger partial charge >= 0.3 is 0 Å². The van der Waals surface area contributed by atoms with Gasteiger partial charge in [0.1, 0.15) is 18.2 Å². The van der Waals surface area contributed by atoms with E-state index in [1.807, 2.05) is 0 Å². The molecule has 3 aromatic rings. The van der Waals surface area contributed by atoms with Crippen molar-refractivity contribution in [2.75, 3.05) is 39.2 Å². The monoisotopic (exact) mass is 474 g/mol. The SMILES string of the molecule is COCCC(=O)N1CCC(Oc2cc3ncnc(Nc4cccc(Cl)c4F)c3cc2OC)C1. The van der Waals surface area contributed by atoms with Crippen LogP contribution in [0.2, 0.25) is 5.02 Å². The normalized spacial score (nSPS) is 15.6. The van der Waals surface area contributed by atoms with E-state index in [1.165, 1.54) is 19.5 Å². The molecular formula is C23H24ClFN4O4. The third-order valence-electron chi connectivity index (χ3n) is 5.44. The predicted octanol–water partition coefficient (Wildman–Crippen LogP) is 4.19. The maximum Gasteiger partial charge on any atom is 0.225 e. The van der Waals surface area contributed by atoms with Crippen molar-refractivity contribution in [1.29, 1.82) is 0 Å². The van der Waals surface area contributed by atoms with Crippen LogP contribution in [0.15, 0.2) is 36.7 Å². The Labute approximate surface area is 195 Å². The molecule has 1 atom stereocenters. The topological polar surface area (TPSA) is 85.8 Å². The van der Waals surface area contributed by atoms with Crippen molar-refractivity contribution in [2.45, 2.75) is 18.9 Å². The molecule has 1 saturated heterocycles. The van der Waals surface area contributed by atoms with Crippen LogP contribution >= 0.6 is 11.6 Å². The molecule has 1 aliphatic heterocycles. The van der Waals surface area contributed by atoms with Gasteiger partial charge in [-0.25, -0.2) is 14.4 Å². The number of carbonyl (C=O) groups excluding carboxylic acids is 1. The van der Waals surface area contributed by atoms with Crippen LogP contribution in [-0.4, -0.2) is 60.8 Å². The van der Waals surface area contributed by atoms with Gasteiger partial charge in [0, 0.05) is 31.5 Å². The number of nitrogens with one attached hydrogen (secondary N) is 1. The molecule has 2 heterocycles. The minimum absolute atomic E-state index is 0.0120. The molecule has 2 aromatic carbocycles. The Morgan fingerprint density at radius 1 is 1.27 bits per heavy atom. The van der Waals surface area contributed by atoms with E-state index in [2.05, 4.69) is 15.3 Å². The van der Waals surface area contributed by atoms with E-state index in [0.29, 0.717) is 60.8 Å². The van der Waals surface area contributed by atoms with E-state index in [0.717, 1.165) is 0 Å². The summed E-state index contributed by atoms with van der Waals surface area (Å²) in [6, 6.07) is 8.19. The molecule has 1 amide bonds.